The number of ether oxygens (including phenoxy) is 1. The van der Waals surface area contributed by atoms with Gasteiger partial charge in [0.05, 0.1) is 23.7 Å². The van der Waals surface area contributed by atoms with Crippen LogP contribution >= 0.6 is 15.9 Å². The Hall–Kier alpha value is -0.990. The third-order valence-corrected chi connectivity index (χ3v) is 5.58. The second-order valence-corrected chi connectivity index (χ2v) is 8.08. The third kappa shape index (κ3) is 4.24. The minimum atomic E-state index is -3.05. The molecule has 1 amide bonds. The normalized spacial score (nSPS) is 20.4. The smallest absolute Gasteiger partial charge is 0.255 e. The van der Waals surface area contributed by atoms with E-state index in [9.17, 15) is 13.2 Å². The summed E-state index contributed by atoms with van der Waals surface area (Å²) in [6.07, 6.45) is 3.55. The van der Waals surface area contributed by atoms with Crippen LogP contribution < -0.4 is 0 Å². The summed E-state index contributed by atoms with van der Waals surface area (Å²) in [7, 11) is -1.50. The maximum atomic E-state index is 12.6. The Kier molecular flexibility index (Phi) is 5.34. The predicted molar refractivity (Wildman–Crippen MR) is 81.9 cm³/mol. The summed E-state index contributed by atoms with van der Waals surface area (Å²) in [4.78, 5) is 18.2. The summed E-state index contributed by atoms with van der Waals surface area (Å²) in [5, 5.41) is 0. The van der Waals surface area contributed by atoms with E-state index in [-0.39, 0.29) is 23.5 Å². The van der Waals surface area contributed by atoms with E-state index < -0.39 is 9.84 Å². The van der Waals surface area contributed by atoms with Crippen LogP contribution in [0.25, 0.3) is 0 Å². The van der Waals surface area contributed by atoms with Crippen LogP contribution in [0.3, 0.4) is 0 Å². The van der Waals surface area contributed by atoms with Crippen molar-refractivity contribution in [2.24, 2.45) is 0 Å². The van der Waals surface area contributed by atoms with E-state index >= 15 is 0 Å². The highest BCUT2D eigenvalue weighted by Gasteiger charge is 2.34. The first kappa shape index (κ1) is 16.4. The topological polar surface area (TPSA) is 76.6 Å². The molecule has 2 heterocycles. The number of nitrogens with zero attached hydrogens (tertiary/aromatic N) is 2. The third-order valence-electron chi connectivity index (χ3n) is 3.40. The van der Waals surface area contributed by atoms with Crippen LogP contribution in [0.1, 0.15) is 16.8 Å². The van der Waals surface area contributed by atoms with Gasteiger partial charge >= 0.3 is 0 Å². The zero-order chi connectivity index (χ0) is 15.5. The Morgan fingerprint density at radius 2 is 2.29 bits per heavy atom. The highest BCUT2D eigenvalue weighted by molar-refractivity contribution is 9.10. The van der Waals surface area contributed by atoms with Crippen molar-refractivity contribution in [1.29, 1.82) is 0 Å². The molecule has 1 aliphatic heterocycles. The molecule has 0 bridgehead atoms. The van der Waals surface area contributed by atoms with Crippen molar-refractivity contribution in [3.05, 3.63) is 28.5 Å². The molecule has 1 fully saturated rings. The molecule has 1 atom stereocenters. The van der Waals surface area contributed by atoms with Crippen molar-refractivity contribution in [2.75, 3.05) is 31.8 Å². The molecule has 2 rings (SSSR count). The maximum Gasteiger partial charge on any atom is 0.255 e. The lowest BCUT2D eigenvalue weighted by Crippen LogP contribution is -2.43. The van der Waals surface area contributed by atoms with Crippen molar-refractivity contribution >= 4 is 31.7 Å². The van der Waals surface area contributed by atoms with Gasteiger partial charge in [0.15, 0.2) is 9.84 Å². The van der Waals surface area contributed by atoms with Crippen LogP contribution in [-0.4, -0.2) is 62.0 Å². The Morgan fingerprint density at radius 1 is 1.52 bits per heavy atom. The van der Waals surface area contributed by atoms with E-state index in [1.807, 2.05) is 0 Å². The highest BCUT2D eigenvalue weighted by atomic mass is 79.9. The van der Waals surface area contributed by atoms with Gasteiger partial charge in [0.25, 0.3) is 5.91 Å². The van der Waals surface area contributed by atoms with E-state index in [0.717, 1.165) is 0 Å². The van der Waals surface area contributed by atoms with Gasteiger partial charge in [-0.3, -0.25) is 9.78 Å². The van der Waals surface area contributed by atoms with Gasteiger partial charge in [-0.15, -0.1) is 0 Å². The van der Waals surface area contributed by atoms with Crippen molar-refractivity contribution in [3.8, 4) is 0 Å². The Bertz CT molecular complexity index is 620. The highest BCUT2D eigenvalue weighted by Crippen LogP contribution is 2.20. The van der Waals surface area contributed by atoms with Crippen molar-refractivity contribution in [2.45, 2.75) is 12.5 Å². The number of amides is 1. The molecule has 0 aliphatic carbocycles. The van der Waals surface area contributed by atoms with E-state index in [2.05, 4.69) is 20.9 Å². The van der Waals surface area contributed by atoms with Gasteiger partial charge in [-0.25, -0.2) is 8.42 Å². The van der Waals surface area contributed by atoms with Crippen LogP contribution in [0.2, 0.25) is 0 Å². The molecule has 8 heteroatoms. The number of pyridine rings is 1. The second-order valence-electron chi connectivity index (χ2n) is 4.94. The van der Waals surface area contributed by atoms with Gasteiger partial charge in [-0.2, -0.15) is 0 Å². The first-order chi connectivity index (χ1) is 9.93. The van der Waals surface area contributed by atoms with Crippen LogP contribution in [0, 0.1) is 0 Å². The number of carbonyl (C=O) groups excluding carboxylic acids is 1. The van der Waals surface area contributed by atoms with E-state index in [1.54, 1.807) is 24.3 Å². The number of aromatic nitrogens is 1. The lowest BCUT2D eigenvalue weighted by atomic mass is 10.1. The summed E-state index contributed by atoms with van der Waals surface area (Å²) in [5.41, 5.74) is 0.435. The minimum absolute atomic E-state index is 0.0177. The zero-order valence-corrected chi connectivity index (χ0v) is 14.1. The van der Waals surface area contributed by atoms with Crippen molar-refractivity contribution in [1.82, 2.24) is 9.88 Å². The predicted octanol–water partition coefficient (Wildman–Crippen LogP) is 1.12. The van der Waals surface area contributed by atoms with E-state index in [4.69, 9.17) is 4.74 Å². The number of hydrogen-bond donors (Lipinski definition) is 0. The van der Waals surface area contributed by atoms with E-state index in [0.29, 0.717) is 29.6 Å². The number of halogens is 1. The number of rotatable bonds is 5. The monoisotopic (exact) mass is 376 g/mol. The van der Waals surface area contributed by atoms with Gasteiger partial charge < -0.3 is 9.64 Å². The summed E-state index contributed by atoms with van der Waals surface area (Å²) in [5.74, 6) is -0.0716. The molecule has 0 N–H and O–H groups in total. The second kappa shape index (κ2) is 6.85. The molecule has 0 spiro atoms. The maximum absolute atomic E-state index is 12.6. The molecule has 0 radical (unpaired) electrons. The van der Waals surface area contributed by atoms with Gasteiger partial charge in [0.2, 0.25) is 0 Å². The fourth-order valence-corrected chi connectivity index (χ4v) is 4.45. The number of sulfone groups is 1. The number of methoxy groups -OCH3 is 1. The molecule has 6 nitrogen and oxygen atoms in total. The Labute approximate surface area is 132 Å². The van der Waals surface area contributed by atoms with Crippen LogP contribution in [0.5, 0.6) is 0 Å². The quantitative estimate of drug-likeness (QED) is 0.769. The molecule has 1 saturated heterocycles. The SMILES string of the molecule is COCCN(C(=O)c1cncc(Br)c1)C1CCS(=O)(=O)C1. The molecule has 0 aromatic carbocycles. The van der Waals surface area contributed by atoms with Crippen LogP contribution in [-0.2, 0) is 14.6 Å². The van der Waals surface area contributed by atoms with Crippen LogP contribution in [0.4, 0.5) is 0 Å². The van der Waals surface area contributed by atoms with Crippen LogP contribution in [0.15, 0.2) is 22.9 Å². The fraction of sp³-hybridized carbons (Fsp3) is 0.538. The van der Waals surface area contributed by atoms with Crippen molar-refractivity contribution < 1.29 is 17.9 Å². The summed E-state index contributed by atoms with van der Waals surface area (Å²) in [6, 6.07) is 1.38. The molecular formula is C13H17BrN2O4S. The van der Waals surface area contributed by atoms with Gasteiger partial charge in [0, 0.05) is 36.6 Å². The molecular weight excluding hydrogens is 360 g/mol. The molecule has 116 valence electrons. The van der Waals surface area contributed by atoms with Gasteiger partial charge in [-0.05, 0) is 28.4 Å². The average molecular weight is 377 g/mol. The molecule has 1 aliphatic rings. The first-order valence-corrected chi connectivity index (χ1v) is 9.15. The molecule has 1 aromatic rings. The molecule has 1 aromatic heterocycles. The largest absolute Gasteiger partial charge is 0.383 e. The minimum Gasteiger partial charge on any atom is -0.383 e. The lowest BCUT2D eigenvalue weighted by molar-refractivity contribution is 0.0624. The number of carbonyl (C=O) groups is 1. The number of hydrogen-bond acceptors (Lipinski definition) is 5. The van der Waals surface area contributed by atoms with Gasteiger partial charge in [0.1, 0.15) is 0 Å². The Morgan fingerprint density at radius 3 is 2.86 bits per heavy atom. The van der Waals surface area contributed by atoms with Crippen molar-refractivity contribution in [3.63, 3.8) is 0 Å². The summed E-state index contributed by atoms with van der Waals surface area (Å²) in [6.45, 7) is 0.728. The molecule has 21 heavy (non-hydrogen) atoms. The summed E-state index contributed by atoms with van der Waals surface area (Å²) >= 11 is 3.28. The Balaban J connectivity index is 2.21. The lowest BCUT2D eigenvalue weighted by Gasteiger charge is -2.28. The summed E-state index contributed by atoms with van der Waals surface area (Å²) < 4.78 is 29.0. The van der Waals surface area contributed by atoms with E-state index in [1.165, 1.54) is 6.20 Å². The fourth-order valence-electron chi connectivity index (χ4n) is 2.36. The molecule has 1 unspecified atom stereocenters. The zero-order valence-electron chi connectivity index (χ0n) is 11.7. The molecule has 0 saturated carbocycles. The first-order valence-electron chi connectivity index (χ1n) is 6.54. The standard InChI is InChI=1S/C13H17BrN2O4S/c1-20-4-3-16(12-2-5-21(18,19)9-12)13(17)10-6-11(14)8-15-7-10/h6-8,12H,2-5,9H2,1H3. The van der Waals surface area contributed by atoms with Gasteiger partial charge in [-0.1, -0.05) is 0 Å². The average Bonchev–Trinajstić information content (AvgIpc) is 2.79.